The molecule has 2 fully saturated rings. The van der Waals surface area contributed by atoms with Gasteiger partial charge in [-0.1, -0.05) is 0 Å². The first kappa shape index (κ1) is 14.3. The fourth-order valence-corrected chi connectivity index (χ4v) is 3.44. The predicted molar refractivity (Wildman–Crippen MR) is 83.5 cm³/mol. The van der Waals surface area contributed by atoms with Crippen LogP contribution in [0.2, 0.25) is 0 Å². The van der Waals surface area contributed by atoms with Crippen LogP contribution >= 0.6 is 0 Å². The van der Waals surface area contributed by atoms with Crippen molar-refractivity contribution in [2.75, 3.05) is 25.0 Å². The molecule has 0 radical (unpaired) electrons. The summed E-state index contributed by atoms with van der Waals surface area (Å²) in [6.07, 6.45) is 6.39. The molecule has 0 saturated carbocycles. The molecule has 2 aliphatic rings. The van der Waals surface area contributed by atoms with Crippen molar-refractivity contribution in [1.29, 1.82) is 0 Å². The molecule has 5 nitrogen and oxygen atoms in total. The van der Waals surface area contributed by atoms with Gasteiger partial charge in [0, 0.05) is 31.4 Å². The van der Waals surface area contributed by atoms with Crippen molar-refractivity contribution >= 4 is 11.7 Å². The second kappa shape index (κ2) is 6.43. The SMILES string of the molecule is CCNc1ccc(C(=O)NC2CCN3CCCC3C2)cn1. The molecule has 1 aromatic heterocycles. The Morgan fingerprint density at radius 1 is 1.38 bits per heavy atom. The van der Waals surface area contributed by atoms with Crippen LogP contribution in [0.1, 0.15) is 43.0 Å². The zero-order chi connectivity index (χ0) is 14.7. The van der Waals surface area contributed by atoms with E-state index in [9.17, 15) is 4.79 Å². The van der Waals surface area contributed by atoms with Crippen molar-refractivity contribution in [3.63, 3.8) is 0 Å². The van der Waals surface area contributed by atoms with Crippen molar-refractivity contribution in [3.8, 4) is 0 Å². The number of carbonyl (C=O) groups excluding carboxylic acids is 1. The first-order valence-corrected chi connectivity index (χ1v) is 8.01. The third-order valence-electron chi connectivity index (χ3n) is 4.54. The maximum absolute atomic E-state index is 12.3. The normalized spacial score (nSPS) is 25.4. The van der Waals surface area contributed by atoms with Gasteiger partial charge >= 0.3 is 0 Å². The minimum Gasteiger partial charge on any atom is -0.370 e. The lowest BCUT2D eigenvalue weighted by molar-refractivity contribution is 0.0896. The van der Waals surface area contributed by atoms with Gasteiger partial charge in [-0.2, -0.15) is 0 Å². The number of piperidine rings is 1. The van der Waals surface area contributed by atoms with Crippen LogP contribution in [0, 0.1) is 0 Å². The summed E-state index contributed by atoms with van der Waals surface area (Å²) in [5.41, 5.74) is 0.644. The highest BCUT2D eigenvalue weighted by molar-refractivity contribution is 5.94. The third kappa shape index (κ3) is 3.35. The van der Waals surface area contributed by atoms with E-state index in [1.54, 1.807) is 6.20 Å². The number of nitrogens with zero attached hydrogens (tertiary/aromatic N) is 2. The second-order valence-corrected chi connectivity index (χ2v) is 5.99. The summed E-state index contributed by atoms with van der Waals surface area (Å²) in [4.78, 5) is 19.1. The quantitative estimate of drug-likeness (QED) is 0.888. The molecule has 2 aliphatic heterocycles. The number of fused-ring (bicyclic) bond motifs is 1. The van der Waals surface area contributed by atoms with Gasteiger partial charge in [-0.15, -0.1) is 0 Å². The van der Waals surface area contributed by atoms with Crippen molar-refractivity contribution in [1.82, 2.24) is 15.2 Å². The average Bonchev–Trinajstić information content (AvgIpc) is 2.96. The van der Waals surface area contributed by atoms with Gasteiger partial charge in [0.2, 0.25) is 0 Å². The number of nitrogens with one attached hydrogen (secondary N) is 2. The van der Waals surface area contributed by atoms with Crippen molar-refractivity contribution in [2.24, 2.45) is 0 Å². The Balaban J connectivity index is 1.55. The van der Waals surface area contributed by atoms with E-state index in [0.717, 1.165) is 31.7 Å². The minimum absolute atomic E-state index is 0.00185. The van der Waals surface area contributed by atoms with Gasteiger partial charge in [0.15, 0.2) is 0 Å². The Morgan fingerprint density at radius 3 is 3.05 bits per heavy atom. The fourth-order valence-electron chi connectivity index (χ4n) is 3.44. The van der Waals surface area contributed by atoms with Gasteiger partial charge in [-0.3, -0.25) is 4.79 Å². The second-order valence-electron chi connectivity index (χ2n) is 5.99. The lowest BCUT2D eigenvalue weighted by Gasteiger charge is -2.35. The zero-order valence-electron chi connectivity index (χ0n) is 12.6. The number of amides is 1. The summed E-state index contributed by atoms with van der Waals surface area (Å²) in [6.45, 7) is 5.21. The molecule has 0 aromatic carbocycles. The molecule has 0 spiro atoms. The number of anilines is 1. The number of hydrogen-bond acceptors (Lipinski definition) is 4. The van der Waals surface area contributed by atoms with E-state index in [1.807, 2.05) is 19.1 Å². The molecule has 2 unspecified atom stereocenters. The maximum Gasteiger partial charge on any atom is 0.253 e. The molecule has 114 valence electrons. The maximum atomic E-state index is 12.3. The molecule has 1 amide bonds. The third-order valence-corrected chi connectivity index (χ3v) is 4.54. The first-order chi connectivity index (χ1) is 10.3. The average molecular weight is 288 g/mol. The highest BCUT2D eigenvalue weighted by Crippen LogP contribution is 2.26. The Hall–Kier alpha value is -1.62. The summed E-state index contributed by atoms with van der Waals surface area (Å²) in [7, 11) is 0. The molecule has 2 N–H and O–H groups in total. The first-order valence-electron chi connectivity index (χ1n) is 8.01. The van der Waals surface area contributed by atoms with Crippen LogP contribution < -0.4 is 10.6 Å². The van der Waals surface area contributed by atoms with Crippen molar-refractivity contribution in [2.45, 2.75) is 44.7 Å². The van der Waals surface area contributed by atoms with Gasteiger partial charge < -0.3 is 15.5 Å². The topological polar surface area (TPSA) is 57.3 Å². The van der Waals surface area contributed by atoms with Gasteiger partial charge in [-0.05, 0) is 51.3 Å². The summed E-state index contributed by atoms with van der Waals surface area (Å²) in [5, 5.41) is 6.31. The van der Waals surface area contributed by atoms with Crippen LogP contribution in [0.5, 0.6) is 0 Å². The van der Waals surface area contributed by atoms with Crippen LogP contribution in [0.4, 0.5) is 5.82 Å². The van der Waals surface area contributed by atoms with Crippen LogP contribution in [-0.2, 0) is 0 Å². The standard InChI is InChI=1S/C16H24N4O/c1-2-17-15-6-5-12(11-18-15)16(21)19-13-7-9-20-8-3-4-14(20)10-13/h5-6,11,13-14H,2-4,7-10H2,1H3,(H,17,18)(H,19,21). The van der Waals surface area contributed by atoms with Crippen molar-refractivity contribution < 1.29 is 4.79 Å². The molecule has 3 rings (SSSR count). The molecule has 2 saturated heterocycles. The predicted octanol–water partition coefficient (Wildman–Crippen LogP) is 1.87. The lowest BCUT2D eigenvalue weighted by Crippen LogP contribution is -2.47. The Kier molecular flexibility index (Phi) is 4.39. The largest absolute Gasteiger partial charge is 0.370 e. The van der Waals surface area contributed by atoms with Crippen molar-refractivity contribution in [3.05, 3.63) is 23.9 Å². The Bertz CT molecular complexity index is 488. The molecule has 5 heteroatoms. The van der Waals surface area contributed by atoms with Gasteiger partial charge in [-0.25, -0.2) is 4.98 Å². The Morgan fingerprint density at radius 2 is 2.29 bits per heavy atom. The highest BCUT2D eigenvalue weighted by atomic mass is 16.1. The van der Waals surface area contributed by atoms with E-state index in [0.29, 0.717) is 17.6 Å². The summed E-state index contributed by atoms with van der Waals surface area (Å²) < 4.78 is 0. The van der Waals surface area contributed by atoms with Gasteiger partial charge in [0.1, 0.15) is 5.82 Å². The smallest absolute Gasteiger partial charge is 0.253 e. The zero-order valence-corrected chi connectivity index (χ0v) is 12.6. The molecule has 1 aromatic rings. The van der Waals surface area contributed by atoms with E-state index >= 15 is 0 Å². The van der Waals surface area contributed by atoms with E-state index in [2.05, 4.69) is 20.5 Å². The van der Waals surface area contributed by atoms with Crippen LogP contribution in [0.3, 0.4) is 0 Å². The van der Waals surface area contributed by atoms with Crippen LogP contribution in [-0.4, -0.2) is 47.5 Å². The summed E-state index contributed by atoms with van der Waals surface area (Å²) in [6, 6.07) is 4.69. The molecular formula is C16H24N4O. The molecule has 0 bridgehead atoms. The van der Waals surface area contributed by atoms with E-state index < -0.39 is 0 Å². The molecule has 2 atom stereocenters. The molecule has 21 heavy (non-hydrogen) atoms. The molecule has 0 aliphatic carbocycles. The Labute approximate surface area is 126 Å². The fraction of sp³-hybridized carbons (Fsp3) is 0.625. The van der Waals surface area contributed by atoms with Crippen LogP contribution in [0.25, 0.3) is 0 Å². The number of hydrogen-bond donors (Lipinski definition) is 2. The number of pyridine rings is 1. The monoisotopic (exact) mass is 288 g/mol. The van der Waals surface area contributed by atoms with E-state index in [1.165, 1.54) is 19.4 Å². The van der Waals surface area contributed by atoms with E-state index in [-0.39, 0.29) is 5.91 Å². The number of aromatic nitrogens is 1. The van der Waals surface area contributed by atoms with Gasteiger partial charge in [0.25, 0.3) is 5.91 Å². The number of carbonyl (C=O) groups is 1. The lowest BCUT2D eigenvalue weighted by atomic mass is 9.97. The molecular weight excluding hydrogens is 264 g/mol. The molecule has 3 heterocycles. The van der Waals surface area contributed by atoms with E-state index in [4.69, 9.17) is 0 Å². The summed E-state index contributed by atoms with van der Waals surface area (Å²) >= 11 is 0. The number of rotatable bonds is 4. The summed E-state index contributed by atoms with van der Waals surface area (Å²) in [5.74, 6) is 0.815. The van der Waals surface area contributed by atoms with Gasteiger partial charge in [0.05, 0.1) is 5.56 Å². The highest BCUT2D eigenvalue weighted by Gasteiger charge is 2.32. The minimum atomic E-state index is 0.00185. The van der Waals surface area contributed by atoms with Crippen LogP contribution in [0.15, 0.2) is 18.3 Å².